The molecule has 0 nitrogen and oxygen atoms in total. The zero-order valence-electron chi connectivity index (χ0n) is 5.94. The van der Waals surface area contributed by atoms with Gasteiger partial charge in [0.1, 0.15) is 4.84 Å². The number of aryl methyl sites for hydroxylation is 1. The normalized spacial score (nSPS) is 10.6. The molecular weight excluding hydrogens is 202 g/mol. The van der Waals surface area contributed by atoms with E-state index in [0.29, 0.717) is 5.02 Å². The summed E-state index contributed by atoms with van der Waals surface area (Å²) in [5, 5.41) is 0.673. The van der Waals surface area contributed by atoms with Crippen molar-refractivity contribution in [3.8, 4) is 0 Å². The lowest BCUT2D eigenvalue weighted by molar-refractivity contribution is 1.31. The quantitative estimate of drug-likeness (QED) is 0.610. The van der Waals surface area contributed by atoms with Crippen LogP contribution in [0.25, 0.3) is 0 Å². The SMILES string of the molecule is Cc1cc(Cl)cc(C(Cl)Cl)c1. The minimum Gasteiger partial charge on any atom is -0.100 e. The van der Waals surface area contributed by atoms with Crippen LogP contribution in [0.5, 0.6) is 0 Å². The Kier molecular flexibility index (Phi) is 3.06. The van der Waals surface area contributed by atoms with E-state index in [1.54, 1.807) is 6.07 Å². The van der Waals surface area contributed by atoms with Crippen molar-refractivity contribution >= 4 is 34.8 Å². The van der Waals surface area contributed by atoms with Crippen LogP contribution in [0.15, 0.2) is 18.2 Å². The van der Waals surface area contributed by atoms with Gasteiger partial charge in [0.15, 0.2) is 0 Å². The molecule has 60 valence electrons. The lowest BCUT2D eigenvalue weighted by Gasteiger charge is -2.03. The first-order valence-electron chi connectivity index (χ1n) is 3.15. The number of hydrogen-bond donors (Lipinski definition) is 0. The molecule has 0 unspecified atom stereocenters. The molecule has 1 aromatic carbocycles. The molecule has 0 spiro atoms. The van der Waals surface area contributed by atoms with Gasteiger partial charge in [0, 0.05) is 5.02 Å². The number of alkyl halides is 2. The van der Waals surface area contributed by atoms with E-state index in [4.69, 9.17) is 34.8 Å². The minimum atomic E-state index is -0.493. The van der Waals surface area contributed by atoms with E-state index >= 15 is 0 Å². The third kappa shape index (κ3) is 2.55. The highest BCUT2D eigenvalue weighted by molar-refractivity contribution is 6.44. The van der Waals surface area contributed by atoms with Gasteiger partial charge in [0.05, 0.1) is 0 Å². The largest absolute Gasteiger partial charge is 0.132 e. The first-order chi connectivity index (χ1) is 5.09. The van der Waals surface area contributed by atoms with Crippen molar-refractivity contribution in [1.29, 1.82) is 0 Å². The maximum absolute atomic E-state index is 5.78. The lowest BCUT2D eigenvalue weighted by Crippen LogP contribution is -1.82. The van der Waals surface area contributed by atoms with E-state index in [2.05, 4.69) is 0 Å². The van der Waals surface area contributed by atoms with Crippen molar-refractivity contribution in [2.24, 2.45) is 0 Å². The Bertz CT molecular complexity index is 235. The van der Waals surface area contributed by atoms with Crippen molar-refractivity contribution in [2.75, 3.05) is 0 Å². The number of benzene rings is 1. The first kappa shape index (κ1) is 9.18. The van der Waals surface area contributed by atoms with Crippen molar-refractivity contribution < 1.29 is 0 Å². The molecular formula is C8H7Cl3. The Hall–Kier alpha value is 0.0900. The van der Waals surface area contributed by atoms with Crippen LogP contribution >= 0.6 is 34.8 Å². The van der Waals surface area contributed by atoms with E-state index in [9.17, 15) is 0 Å². The van der Waals surface area contributed by atoms with Gasteiger partial charge in [-0.3, -0.25) is 0 Å². The summed E-state index contributed by atoms with van der Waals surface area (Å²) in [5.74, 6) is 0. The maximum Gasteiger partial charge on any atom is 0.132 e. The maximum atomic E-state index is 5.78. The Morgan fingerprint density at radius 1 is 1.18 bits per heavy atom. The van der Waals surface area contributed by atoms with E-state index in [1.165, 1.54) is 0 Å². The minimum absolute atomic E-state index is 0.493. The van der Waals surface area contributed by atoms with Crippen molar-refractivity contribution in [2.45, 2.75) is 11.8 Å². The predicted molar refractivity (Wildman–Crippen MR) is 50.6 cm³/mol. The third-order valence-corrected chi connectivity index (χ3v) is 2.04. The molecule has 0 aliphatic carbocycles. The second-order valence-electron chi connectivity index (χ2n) is 2.36. The monoisotopic (exact) mass is 208 g/mol. The van der Waals surface area contributed by atoms with Crippen molar-refractivity contribution in [3.63, 3.8) is 0 Å². The van der Waals surface area contributed by atoms with E-state index in [-0.39, 0.29) is 0 Å². The van der Waals surface area contributed by atoms with Gasteiger partial charge in [0.25, 0.3) is 0 Å². The molecule has 0 aromatic heterocycles. The smallest absolute Gasteiger partial charge is 0.100 e. The molecule has 1 aromatic rings. The van der Waals surface area contributed by atoms with E-state index < -0.39 is 4.84 Å². The van der Waals surface area contributed by atoms with Crippen LogP contribution in [0, 0.1) is 6.92 Å². The van der Waals surface area contributed by atoms with Crippen molar-refractivity contribution in [3.05, 3.63) is 34.3 Å². The van der Waals surface area contributed by atoms with Crippen LogP contribution in [0.2, 0.25) is 5.02 Å². The summed E-state index contributed by atoms with van der Waals surface area (Å²) in [6.45, 7) is 1.95. The van der Waals surface area contributed by atoms with E-state index in [1.807, 2.05) is 19.1 Å². The van der Waals surface area contributed by atoms with Crippen LogP contribution in [0.1, 0.15) is 16.0 Å². The van der Waals surface area contributed by atoms with Gasteiger partial charge in [0.2, 0.25) is 0 Å². The molecule has 11 heavy (non-hydrogen) atoms. The van der Waals surface area contributed by atoms with Crippen LogP contribution in [0.3, 0.4) is 0 Å². The van der Waals surface area contributed by atoms with Gasteiger partial charge in [-0.25, -0.2) is 0 Å². The van der Waals surface area contributed by atoms with Gasteiger partial charge < -0.3 is 0 Å². The molecule has 0 saturated heterocycles. The Balaban J connectivity index is 3.08. The topological polar surface area (TPSA) is 0 Å². The fourth-order valence-electron chi connectivity index (χ4n) is 0.891. The molecule has 0 radical (unpaired) electrons. The molecule has 1 rings (SSSR count). The second-order valence-corrected chi connectivity index (χ2v) is 3.90. The van der Waals surface area contributed by atoms with Gasteiger partial charge in [-0.2, -0.15) is 0 Å². The fraction of sp³-hybridized carbons (Fsp3) is 0.250. The molecule has 0 aliphatic rings. The second kappa shape index (κ2) is 3.66. The summed E-state index contributed by atoms with van der Waals surface area (Å²) >= 11 is 17.1. The van der Waals surface area contributed by atoms with Crippen molar-refractivity contribution in [1.82, 2.24) is 0 Å². The number of rotatable bonds is 1. The third-order valence-electron chi connectivity index (χ3n) is 1.32. The van der Waals surface area contributed by atoms with Crippen LogP contribution in [-0.2, 0) is 0 Å². The summed E-state index contributed by atoms with van der Waals surface area (Å²) in [4.78, 5) is -0.493. The van der Waals surface area contributed by atoms with E-state index in [0.717, 1.165) is 11.1 Å². The Morgan fingerprint density at radius 2 is 1.82 bits per heavy atom. The predicted octanol–water partition coefficient (Wildman–Crippen LogP) is 4.12. The molecule has 0 N–H and O–H groups in total. The molecule has 0 atom stereocenters. The highest BCUT2D eigenvalue weighted by Gasteiger charge is 2.03. The molecule has 0 amide bonds. The van der Waals surface area contributed by atoms with Gasteiger partial charge >= 0.3 is 0 Å². The Morgan fingerprint density at radius 3 is 2.27 bits per heavy atom. The molecule has 0 heterocycles. The summed E-state index contributed by atoms with van der Waals surface area (Å²) in [5.41, 5.74) is 1.91. The molecule has 0 bridgehead atoms. The molecule has 0 fully saturated rings. The zero-order valence-corrected chi connectivity index (χ0v) is 8.21. The average molecular weight is 210 g/mol. The molecule has 3 heteroatoms. The van der Waals surface area contributed by atoms with Gasteiger partial charge in [-0.1, -0.05) is 17.7 Å². The molecule has 0 saturated carbocycles. The number of halogens is 3. The summed E-state index contributed by atoms with van der Waals surface area (Å²) < 4.78 is 0. The zero-order chi connectivity index (χ0) is 8.43. The van der Waals surface area contributed by atoms with Crippen LogP contribution < -0.4 is 0 Å². The summed E-state index contributed by atoms with van der Waals surface area (Å²) in [7, 11) is 0. The average Bonchev–Trinajstić information content (AvgIpc) is 1.85. The highest BCUT2D eigenvalue weighted by atomic mass is 35.5. The molecule has 0 aliphatic heterocycles. The highest BCUT2D eigenvalue weighted by Crippen LogP contribution is 2.27. The summed E-state index contributed by atoms with van der Waals surface area (Å²) in [6.07, 6.45) is 0. The fourth-order valence-corrected chi connectivity index (χ4v) is 1.44. The van der Waals surface area contributed by atoms with Crippen LogP contribution in [-0.4, -0.2) is 0 Å². The number of hydrogen-bond acceptors (Lipinski definition) is 0. The van der Waals surface area contributed by atoms with Gasteiger partial charge in [-0.15, -0.1) is 23.2 Å². The van der Waals surface area contributed by atoms with Gasteiger partial charge in [-0.05, 0) is 30.2 Å². The van der Waals surface area contributed by atoms with Crippen LogP contribution in [0.4, 0.5) is 0 Å². The lowest BCUT2D eigenvalue weighted by atomic mass is 10.2. The standard InChI is InChI=1S/C8H7Cl3/c1-5-2-6(8(10)11)4-7(9)3-5/h2-4,8H,1H3. The summed E-state index contributed by atoms with van der Waals surface area (Å²) in [6, 6.07) is 5.54. The Labute approximate surface area is 81.1 Å². The first-order valence-corrected chi connectivity index (χ1v) is 4.40.